The topological polar surface area (TPSA) is 61.0 Å². The van der Waals surface area contributed by atoms with Crippen LogP contribution in [0.1, 0.15) is 51.4 Å². The molecule has 0 aromatic carbocycles. The first-order valence-corrected chi connectivity index (χ1v) is 5.83. The second-order valence-electron chi connectivity index (χ2n) is 5.32. The number of carbonyl (C=O) groups excluding carboxylic acids is 1. The quantitative estimate of drug-likeness (QED) is 0.574. The first-order valence-electron chi connectivity index (χ1n) is 5.83. The van der Waals surface area contributed by atoms with E-state index in [2.05, 4.69) is 10.9 Å². The fraction of sp³-hybridized carbons (Fsp3) is 0.909. The molecule has 2 aliphatic carbocycles. The maximum absolute atomic E-state index is 11.7. The van der Waals surface area contributed by atoms with Crippen molar-refractivity contribution in [3.05, 3.63) is 0 Å². The van der Waals surface area contributed by atoms with Gasteiger partial charge in [-0.3, -0.25) is 4.79 Å². The molecule has 14 heavy (non-hydrogen) atoms. The van der Waals surface area contributed by atoms with E-state index >= 15 is 0 Å². The molecule has 3 heteroatoms. The van der Waals surface area contributed by atoms with Crippen molar-refractivity contribution in [3.8, 4) is 0 Å². The summed E-state index contributed by atoms with van der Waals surface area (Å²) in [4.78, 5) is 11.7. The van der Waals surface area contributed by atoms with Crippen LogP contribution in [0.3, 0.4) is 0 Å². The van der Waals surface area contributed by atoms with Crippen molar-refractivity contribution in [2.24, 2.45) is 5.41 Å². The van der Waals surface area contributed by atoms with Crippen LogP contribution in [0.4, 0.5) is 0 Å². The van der Waals surface area contributed by atoms with Gasteiger partial charge in [0.05, 0.1) is 0 Å². The molecule has 3 nitrogen and oxygen atoms in total. The molecule has 78 valence electrons. The summed E-state index contributed by atoms with van der Waals surface area (Å²) in [6, 6.07) is 0. The number of rotatable bonds is 0. The number of carbonyl (C=O) groups is 1. The Kier molecular flexibility index (Phi) is 1.77. The molecular formula is C11H18N2O. The molecule has 3 fully saturated rings. The lowest BCUT2D eigenvalue weighted by atomic mass is 9.63. The summed E-state index contributed by atoms with van der Waals surface area (Å²) in [5.41, 5.74) is 6.35. The van der Waals surface area contributed by atoms with Crippen LogP contribution >= 0.6 is 0 Å². The van der Waals surface area contributed by atoms with E-state index in [4.69, 9.17) is 0 Å². The molecule has 0 radical (unpaired) electrons. The van der Waals surface area contributed by atoms with Crippen molar-refractivity contribution in [3.63, 3.8) is 0 Å². The van der Waals surface area contributed by atoms with Gasteiger partial charge in [0.2, 0.25) is 0 Å². The van der Waals surface area contributed by atoms with Crippen LogP contribution in [0.2, 0.25) is 0 Å². The third-order valence-electron chi connectivity index (χ3n) is 4.34. The molecule has 2 spiro atoms. The number of hydrazine groups is 1. The Labute approximate surface area is 84.6 Å². The molecule has 2 N–H and O–H groups in total. The van der Waals surface area contributed by atoms with E-state index in [0.717, 1.165) is 19.3 Å². The summed E-state index contributed by atoms with van der Waals surface area (Å²) in [6.07, 6.45) is 9.75. The predicted molar refractivity (Wildman–Crippen MR) is 53.4 cm³/mol. The fourth-order valence-corrected chi connectivity index (χ4v) is 3.37. The number of hydrogen-bond donors (Lipinski definition) is 2. The van der Waals surface area contributed by atoms with Gasteiger partial charge in [-0.15, -0.1) is 0 Å². The second kappa shape index (κ2) is 2.80. The predicted octanol–water partition coefficient (Wildman–Crippen LogP) is 1.49. The number of hydrogen-bond acceptors (Lipinski definition) is 3. The van der Waals surface area contributed by atoms with Gasteiger partial charge in [0.15, 0.2) is 11.4 Å². The van der Waals surface area contributed by atoms with Gasteiger partial charge in [-0.2, -0.15) is 0 Å². The lowest BCUT2D eigenvalue weighted by molar-refractivity contribution is -0.126. The Morgan fingerprint density at radius 1 is 1.00 bits per heavy atom. The number of Topliss-reactive ketones (excluding diaryl/α,β-unsaturated/α-hetero) is 1. The Balaban J connectivity index is 1.79. The van der Waals surface area contributed by atoms with E-state index in [1.165, 1.54) is 32.1 Å². The smallest absolute Gasteiger partial charge is 0.169 e. The molecule has 0 aromatic heterocycles. The normalized spacial score (nSPS) is 33.6. The zero-order chi connectivity index (χ0) is 9.65. The third kappa shape index (κ3) is 1.22. The summed E-state index contributed by atoms with van der Waals surface area (Å²) >= 11 is 0. The lowest BCUT2D eigenvalue weighted by Gasteiger charge is -2.42. The SMILES string of the molecule is O=C1CCC2(CCCCC2)CC12NN2. The first kappa shape index (κ1) is 8.86. The molecule has 1 aliphatic heterocycles. The van der Waals surface area contributed by atoms with E-state index < -0.39 is 0 Å². The Morgan fingerprint density at radius 3 is 2.36 bits per heavy atom. The van der Waals surface area contributed by atoms with Gasteiger partial charge in [-0.25, -0.2) is 10.9 Å². The molecule has 0 amide bonds. The first-order chi connectivity index (χ1) is 6.75. The van der Waals surface area contributed by atoms with Crippen LogP contribution in [0.5, 0.6) is 0 Å². The third-order valence-corrected chi connectivity index (χ3v) is 4.34. The van der Waals surface area contributed by atoms with Gasteiger partial charge in [0, 0.05) is 6.42 Å². The molecule has 3 rings (SSSR count). The minimum absolute atomic E-state index is 0.282. The van der Waals surface area contributed by atoms with Gasteiger partial charge >= 0.3 is 0 Å². The molecule has 0 atom stereocenters. The maximum atomic E-state index is 11.7. The number of ketones is 1. The van der Waals surface area contributed by atoms with Crippen molar-refractivity contribution < 1.29 is 4.79 Å². The average Bonchev–Trinajstić information content (AvgIpc) is 2.95. The average molecular weight is 194 g/mol. The fourth-order valence-electron chi connectivity index (χ4n) is 3.37. The molecule has 0 bridgehead atoms. The molecule has 2 saturated carbocycles. The monoisotopic (exact) mass is 194 g/mol. The highest BCUT2D eigenvalue weighted by atomic mass is 16.1. The van der Waals surface area contributed by atoms with Gasteiger partial charge in [-0.1, -0.05) is 19.3 Å². The van der Waals surface area contributed by atoms with Crippen LogP contribution < -0.4 is 10.9 Å². The van der Waals surface area contributed by atoms with Crippen LogP contribution in [0.15, 0.2) is 0 Å². The Morgan fingerprint density at radius 2 is 1.71 bits per heavy atom. The van der Waals surface area contributed by atoms with E-state index in [1.807, 2.05) is 0 Å². The zero-order valence-corrected chi connectivity index (χ0v) is 8.57. The summed E-state index contributed by atoms with van der Waals surface area (Å²) in [7, 11) is 0. The highest BCUT2D eigenvalue weighted by Gasteiger charge is 2.56. The zero-order valence-electron chi connectivity index (χ0n) is 8.57. The van der Waals surface area contributed by atoms with E-state index in [9.17, 15) is 4.79 Å². The Bertz CT molecular complexity index is 264. The minimum Gasteiger partial charge on any atom is -0.296 e. The van der Waals surface area contributed by atoms with E-state index in [0.29, 0.717) is 11.2 Å². The van der Waals surface area contributed by atoms with Gasteiger partial charge in [0.25, 0.3) is 0 Å². The van der Waals surface area contributed by atoms with Crippen LogP contribution in [0.25, 0.3) is 0 Å². The highest BCUT2D eigenvalue weighted by Crippen LogP contribution is 2.50. The van der Waals surface area contributed by atoms with E-state index in [-0.39, 0.29) is 5.66 Å². The van der Waals surface area contributed by atoms with Crippen molar-refractivity contribution >= 4 is 5.78 Å². The Hall–Kier alpha value is -0.410. The molecular weight excluding hydrogens is 176 g/mol. The second-order valence-corrected chi connectivity index (χ2v) is 5.32. The molecule has 3 aliphatic rings. The lowest BCUT2D eigenvalue weighted by Crippen LogP contribution is -2.44. The largest absolute Gasteiger partial charge is 0.296 e. The van der Waals surface area contributed by atoms with Crippen LogP contribution in [-0.4, -0.2) is 11.4 Å². The van der Waals surface area contributed by atoms with Crippen LogP contribution in [0, 0.1) is 5.41 Å². The van der Waals surface area contributed by atoms with E-state index in [1.54, 1.807) is 0 Å². The summed E-state index contributed by atoms with van der Waals surface area (Å²) in [5, 5.41) is 0. The van der Waals surface area contributed by atoms with Gasteiger partial charge in [0.1, 0.15) is 0 Å². The summed E-state index contributed by atoms with van der Waals surface area (Å²) in [5.74, 6) is 0.383. The van der Waals surface area contributed by atoms with Crippen LogP contribution in [-0.2, 0) is 4.79 Å². The molecule has 0 unspecified atom stereocenters. The summed E-state index contributed by atoms with van der Waals surface area (Å²) < 4.78 is 0. The van der Waals surface area contributed by atoms with Crippen molar-refractivity contribution in [2.75, 3.05) is 0 Å². The maximum Gasteiger partial charge on any atom is 0.169 e. The van der Waals surface area contributed by atoms with Gasteiger partial charge in [-0.05, 0) is 31.1 Å². The van der Waals surface area contributed by atoms with Gasteiger partial charge < -0.3 is 0 Å². The van der Waals surface area contributed by atoms with Crippen molar-refractivity contribution in [1.29, 1.82) is 0 Å². The molecule has 1 saturated heterocycles. The van der Waals surface area contributed by atoms with Crippen molar-refractivity contribution in [2.45, 2.75) is 57.0 Å². The van der Waals surface area contributed by atoms with Crippen molar-refractivity contribution in [1.82, 2.24) is 10.9 Å². The number of nitrogens with one attached hydrogen (secondary N) is 2. The highest BCUT2D eigenvalue weighted by molar-refractivity contribution is 5.91. The minimum atomic E-state index is -0.282. The molecule has 1 heterocycles. The molecule has 0 aromatic rings. The standard InChI is InChI=1S/C11H18N2O/c14-9-4-7-10(5-2-1-3-6-10)8-11(9)12-13-11/h12-13H,1-8H2. The summed E-state index contributed by atoms with van der Waals surface area (Å²) in [6.45, 7) is 0.